The number of nitrogens with zero attached hydrogens (tertiary/aromatic N) is 7. The Hall–Kier alpha value is -9.20. The van der Waals surface area contributed by atoms with Crippen LogP contribution >= 0.6 is 0 Å². The Morgan fingerprint density at radius 2 is 0.982 bits per heavy atom. The zero-order chi connectivity index (χ0) is 84.0. The molecule has 0 aliphatic carbocycles. The van der Waals surface area contributed by atoms with Crippen LogP contribution in [0.1, 0.15) is 168 Å². The predicted octanol–water partition coefficient (Wildman–Crippen LogP) is 4.37. The van der Waals surface area contributed by atoms with Crippen LogP contribution in [0.15, 0.2) is 39.6 Å². The highest BCUT2D eigenvalue weighted by atomic mass is 17.2. The molecular weight excluding hydrogens is 1430 g/mol. The number of carbonyl (C=O) groups is 13. The number of hydrogen-bond acceptors (Lipinski definition) is 21. The third-order valence-electron chi connectivity index (χ3n) is 19.6. The molecule has 0 spiro atoms. The van der Waals surface area contributed by atoms with Crippen molar-refractivity contribution in [1.29, 1.82) is 0 Å². The molecule has 5 N–H and O–H groups in total. The number of nitrogens with one attached hydrogen (secondary N) is 4. The first-order valence-corrected chi connectivity index (χ1v) is 37.7. The molecule has 11 amide bonds. The van der Waals surface area contributed by atoms with Gasteiger partial charge in [0.05, 0.1) is 39.7 Å². The van der Waals surface area contributed by atoms with E-state index >= 15 is 24.0 Å². The van der Waals surface area contributed by atoms with Gasteiger partial charge in [0.1, 0.15) is 78.7 Å². The van der Waals surface area contributed by atoms with Crippen molar-refractivity contribution in [2.24, 2.45) is 41.4 Å². The maximum absolute atomic E-state index is 15.6. The summed E-state index contributed by atoms with van der Waals surface area (Å²) < 4.78 is 21.5. The van der Waals surface area contributed by atoms with Crippen LogP contribution in [-0.4, -0.2) is 259 Å². The fourth-order valence-electron chi connectivity index (χ4n) is 13.0. The summed E-state index contributed by atoms with van der Waals surface area (Å²) >= 11 is 0. The molecule has 618 valence electrons. The minimum atomic E-state index is -1.97. The molecule has 0 unspecified atom stereocenters. The van der Waals surface area contributed by atoms with Crippen LogP contribution in [0.4, 0.5) is 0 Å². The van der Waals surface area contributed by atoms with Gasteiger partial charge in [0.25, 0.3) is 0 Å². The number of allylic oxidation sites excluding steroid dienone is 2. The number of hydrogen-bond donors (Lipinski definition) is 5. The lowest BCUT2D eigenvalue weighted by molar-refractivity contribution is -0.298. The Morgan fingerprint density at radius 1 is 0.518 bits per heavy atom. The van der Waals surface area contributed by atoms with Gasteiger partial charge < -0.3 is 79.3 Å². The average molecular weight is 1550 g/mol. The summed E-state index contributed by atoms with van der Waals surface area (Å²) in [4.78, 5) is 222. The predicted molar refractivity (Wildman–Crippen MR) is 409 cm³/mol. The van der Waals surface area contributed by atoms with Gasteiger partial charge in [-0.1, -0.05) is 102 Å². The molecule has 32 heteroatoms. The molecule has 3 rings (SSSR count). The average Bonchev–Trinajstić information content (AvgIpc) is 0.795. The van der Waals surface area contributed by atoms with E-state index in [1.165, 1.54) is 111 Å². The van der Waals surface area contributed by atoms with Gasteiger partial charge in [0.15, 0.2) is 11.5 Å². The first kappa shape index (κ1) is 95.0. The van der Waals surface area contributed by atoms with E-state index in [4.69, 9.17) is 28.4 Å². The molecule has 0 radical (unpaired) electrons. The van der Waals surface area contributed by atoms with E-state index in [0.717, 1.165) is 25.7 Å². The SMILES string of the molecule is C/C=C/C[C@@H](C)[C@@H](O)[C@H]1C(=O)N[C@@H]([C@@H](C)OOC(=O)CCC(=O)OCc2cc(=O)oc3cc(OC)c(OC)cc23)C(=O)N(C)CC(=O)N(C)[C@@H](CC(C)C)C(=O)N[C@@H](C(C)C)C(=O)N(C)[C@@H](CC(C)C)C(=O)N[C@@H](C)C(=O)N[C@H](C)C(=O)N(C)[C@@H](CC(C)C)C(=O)N(C)[C@@H](CC(C)C)C(=O)N(C)[C@@H](C(C)C)C(=O)N1C. The summed E-state index contributed by atoms with van der Waals surface area (Å²) in [5.41, 5.74) is -0.418. The fourth-order valence-corrected chi connectivity index (χ4v) is 13.0. The number of benzene rings is 1. The molecule has 1 aliphatic rings. The van der Waals surface area contributed by atoms with Gasteiger partial charge in [-0.25, -0.2) is 9.59 Å². The topological polar surface area (TPSA) is 389 Å². The molecule has 1 aliphatic heterocycles. The number of methoxy groups -OCH3 is 2. The summed E-state index contributed by atoms with van der Waals surface area (Å²) in [5.74, 6) is -13.6. The van der Waals surface area contributed by atoms with Crippen LogP contribution in [0.2, 0.25) is 0 Å². The number of likely N-dealkylation sites (N-methyl/N-ethyl adjacent to an activating group) is 7. The van der Waals surface area contributed by atoms with Gasteiger partial charge in [-0.05, 0) is 107 Å². The van der Waals surface area contributed by atoms with E-state index in [1.54, 1.807) is 67.5 Å². The monoisotopic (exact) mass is 1550 g/mol. The molecule has 1 saturated heterocycles. The second-order valence-electron chi connectivity index (χ2n) is 31.3. The second kappa shape index (κ2) is 43.4. The van der Waals surface area contributed by atoms with Gasteiger partial charge in [0.2, 0.25) is 65.0 Å². The van der Waals surface area contributed by atoms with Crippen LogP contribution in [0.5, 0.6) is 11.5 Å². The fraction of sp³-hybridized carbons (Fsp3) is 0.692. The highest BCUT2D eigenvalue weighted by molar-refractivity contribution is 6.00. The van der Waals surface area contributed by atoms with E-state index in [-0.39, 0.29) is 78.4 Å². The van der Waals surface area contributed by atoms with Crippen LogP contribution in [0, 0.1) is 41.4 Å². The number of aliphatic hydroxyl groups excluding tert-OH is 1. The van der Waals surface area contributed by atoms with E-state index in [9.17, 15) is 48.3 Å². The van der Waals surface area contributed by atoms with E-state index < -0.39 is 199 Å². The molecule has 2 aromatic rings. The lowest BCUT2D eigenvalue weighted by Crippen LogP contribution is -2.64. The molecule has 1 fully saturated rings. The maximum Gasteiger partial charge on any atom is 0.342 e. The standard InChI is InChI=1S/C78H125N11O21/c1-27-28-29-47(14)68(94)67-72(98)82-65(50(17)109-110-62(92)31-30-61(91)107-40-51-36-63(93)108-57-38-59(106-26)58(105-25)37-52(51)57)76(102)83(18)39-60(90)84(19)53(32-41(2)3)71(97)81-64(45(10)11)77(103)85(20)54(33-42(4)5)70(96)79-48(15)69(95)80-49(16)73(99)86(21)55(34-43(6)7)74(100)87(22)56(35-44(8)9)75(101)88(23)66(46(12)13)78(104)89(67)24/h27-28,36-38,41-50,53-56,64-68,94H,29-35,39-40H2,1-26H3,(H,79,96)(H,80,95)(H,81,97)(H,82,98)/b28-27+/t47-,48+,49-,50-,53+,54+,55+,56+,64+,65+,66+,67+,68-/m1/s1. The molecule has 2 heterocycles. The normalized spacial score (nSPS) is 23.6. The highest BCUT2D eigenvalue weighted by Crippen LogP contribution is 2.34. The summed E-state index contributed by atoms with van der Waals surface area (Å²) in [7, 11) is 12.1. The zero-order valence-electron chi connectivity index (χ0n) is 69.5. The summed E-state index contributed by atoms with van der Waals surface area (Å²) in [6.07, 6.45) is -0.864. The van der Waals surface area contributed by atoms with Crippen LogP contribution in [0.3, 0.4) is 0 Å². The first-order chi connectivity index (χ1) is 51.2. The smallest absolute Gasteiger partial charge is 0.342 e. The molecule has 32 nitrogen and oxygen atoms in total. The first-order valence-electron chi connectivity index (χ1n) is 37.7. The van der Waals surface area contributed by atoms with Crippen molar-refractivity contribution in [3.05, 3.63) is 46.3 Å². The number of esters is 1. The zero-order valence-corrected chi connectivity index (χ0v) is 69.5. The number of fused-ring (bicyclic) bond motifs is 1. The Labute approximate surface area is 647 Å². The third kappa shape index (κ3) is 26.2. The Morgan fingerprint density at radius 3 is 1.50 bits per heavy atom. The number of ether oxygens (including phenoxy) is 3. The molecule has 1 aromatic heterocycles. The molecule has 1 aromatic carbocycles. The quantitative estimate of drug-likeness (QED) is 0.0320. The minimum Gasteiger partial charge on any atom is -0.493 e. The number of aliphatic hydroxyl groups is 1. The largest absolute Gasteiger partial charge is 0.493 e. The van der Waals surface area contributed by atoms with Crippen molar-refractivity contribution in [3.63, 3.8) is 0 Å². The number of amides is 11. The molecule has 110 heavy (non-hydrogen) atoms. The Bertz CT molecular complexity index is 3630. The van der Waals surface area contributed by atoms with Gasteiger partial charge in [-0.15, -0.1) is 0 Å². The maximum atomic E-state index is 15.6. The second-order valence-corrected chi connectivity index (χ2v) is 31.3. The van der Waals surface area contributed by atoms with Crippen LogP contribution in [-0.2, 0) is 83.4 Å². The lowest BCUT2D eigenvalue weighted by atomic mass is 9.91. The lowest BCUT2D eigenvalue weighted by Gasteiger charge is -2.41. The van der Waals surface area contributed by atoms with Crippen molar-refractivity contribution in [2.75, 3.05) is 70.1 Å². The van der Waals surface area contributed by atoms with Crippen LogP contribution in [0.25, 0.3) is 11.0 Å². The molecule has 0 saturated carbocycles. The van der Waals surface area contributed by atoms with Crippen LogP contribution < -0.4 is 36.4 Å². The number of carbonyl (C=O) groups excluding carboxylic acids is 13. The van der Waals surface area contributed by atoms with Crippen molar-refractivity contribution < 1.29 is 95.8 Å². The van der Waals surface area contributed by atoms with Crippen molar-refractivity contribution in [2.45, 2.75) is 242 Å². The van der Waals surface area contributed by atoms with E-state index in [0.29, 0.717) is 5.39 Å². The summed E-state index contributed by atoms with van der Waals surface area (Å²) in [5, 5.41) is 23.6. The van der Waals surface area contributed by atoms with Crippen molar-refractivity contribution in [3.8, 4) is 11.5 Å². The molecule has 13 atom stereocenters. The van der Waals surface area contributed by atoms with Gasteiger partial charge in [-0.2, -0.15) is 4.89 Å². The van der Waals surface area contributed by atoms with Gasteiger partial charge >= 0.3 is 17.6 Å². The van der Waals surface area contributed by atoms with Crippen molar-refractivity contribution in [1.82, 2.24) is 55.6 Å². The Balaban J connectivity index is 2.34. The summed E-state index contributed by atoms with van der Waals surface area (Å²) in [6.45, 7) is 27.4. The van der Waals surface area contributed by atoms with Crippen molar-refractivity contribution >= 4 is 87.9 Å². The minimum absolute atomic E-state index is 0.0248. The number of rotatable bonds is 24. The highest BCUT2D eigenvalue weighted by Gasteiger charge is 2.47. The molecule has 0 bridgehead atoms. The molecular formula is C78H125N11O21. The Kier molecular flexibility index (Phi) is 37.5. The van der Waals surface area contributed by atoms with Gasteiger partial charge in [-0.3, -0.25) is 62.4 Å². The summed E-state index contributed by atoms with van der Waals surface area (Å²) in [6, 6.07) is -10.1. The van der Waals surface area contributed by atoms with E-state index in [1.807, 2.05) is 41.5 Å². The third-order valence-corrected chi connectivity index (χ3v) is 19.6. The van der Waals surface area contributed by atoms with E-state index in [2.05, 4.69) is 21.3 Å². The van der Waals surface area contributed by atoms with Gasteiger partial charge in [0, 0.05) is 72.4 Å².